The molecule has 0 atom stereocenters. The summed E-state index contributed by atoms with van der Waals surface area (Å²) in [6, 6.07) is 13.8. The van der Waals surface area contributed by atoms with Gasteiger partial charge in [0.15, 0.2) is 0 Å². The third-order valence-electron chi connectivity index (χ3n) is 4.15. The maximum absolute atomic E-state index is 13.8. The number of hydrogen-bond acceptors (Lipinski definition) is 4. The number of hydrogen-bond donors (Lipinski definition) is 1. The summed E-state index contributed by atoms with van der Waals surface area (Å²) in [6.07, 6.45) is 2.27. The Morgan fingerprint density at radius 3 is 2.79 bits per heavy atom. The zero-order valence-electron chi connectivity index (χ0n) is 15.3. The standard InChI is InChI=1S/C21H19FN2O2S2/c1-14-6-4-8-16(12-14)23-19(25)10-5-11-24-20(26)18(28-21(24)27)13-15-7-2-3-9-17(15)22/h2-4,6-9,12-13H,5,10-11H2,1H3,(H,23,25)/b18-13-. The molecule has 0 unspecified atom stereocenters. The van der Waals surface area contributed by atoms with Crippen LogP contribution in [0.15, 0.2) is 53.4 Å². The van der Waals surface area contributed by atoms with Gasteiger partial charge in [-0.25, -0.2) is 4.39 Å². The topological polar surface area (TPSA) is 49.4 Å². The lowest BCUT2D eigenvalue weighted by Crippen LogP contribution is -2.29. The van der Waals surface area contributed by atoms with Gasteiger partial charge >= 0.3 is 0 Å². The SMILES string of the molecule is Cc1cccc(NC(=O)CCCN2C(=O)/C(=C/c3ccccc3F)SC2=S)c1. The third kappa shape index (κ3) is 5.05. The summed E-state index contributed by atoms with van der Waals surface area (Å²) < 4.78 is 14.2. The zero-order valence-corrected chi connectivity index (χ0v) is 16.9. The van der Waals surface area contributed by atoms with Gasteiger partial charge in [-0.05, 0) is 43.2 Å². The van der Waals surface area contributed by atoms with Crippen LogP contribution in [0.25, 0.3) is 6.08 Å². The van der Waals surface area contributed by atoms with Crippen LogP contribution in [0.2, 0.25) is 0 Å². The van der Waals surface area contributed by atoms with Gasteiger partial charge in [0.05, 0.1) is 4.91 Å². The number of halogens is 1. The van der Waals surface area contributed by atoms with E-state index in [9.17, 15) is 14.0 Å². The van der Waals surface area contributed by atoms with Crippen molar-refractivity contribution in [3.05, 3.63) is 70.4 Å². The lowest BCUT2D eigenvalue weighted by molar-refractivity contribution is -0.122. The summed E-state index contributed by atoms with van der Waals surface area (Å²) in [6.45, 7) is 2.31. The van der Waals surface area contributed by atoms with Gasteiger partial charge in [-0.1, -0.05) is 54.3 Å². The molecule has 2 aromatic rings. The fraction of sp³-hybridized carbons (Fsp3) is 0.190. The Morgan fingerprint density at radius 2 is 2.04 bits per heavy atom. The summed E-state index contributed by atoms with van der Waals surface area (Å²) in [5.74, 6) is -0.754. The van der Waals surface area contributed by atoms with Crippen molar-refractivity contribution < 1.29 is 14.0 Å². The van der Waals surface area contributed by atoms with Gasteiger partial charge in [-0.2, -0.15) is 0 Å². The zero-order chi connectivity index (χ0) is 20.1. The Hall–Kier alpha value is -2.51. The number of amides is 2. The molecule has 1 aliphatic heterocycles. The number of anilines is 1. The summed E-state index contributed by atoms with van der Waals surface area (Å²) in [5.41, 5.74) is 2.17. The highest BCUT2D eigenvalue weighted by Gasteiger charge is 2.31. The van der Waals surface area contributed by atoms with E-state index in [1.54, 1.807) is 18.2 Å². The molecule has 28 heavy (non-hydrogen) atoms. The Morgan fingerprint density at radius 1 is 1.25 bits per heavy atom. The van der Waals surface area contributed by atoms with Crippen LogP contribution in [-0.2, 0) is 9.59 Å². The summed E-state index contributed by atoms with van der Waals surface area (Å²) >= 11 is 6.43. The molecule has 2 amide bonds. The number of thioether (sulfide) groups is 1. The van der Waals surface area contributed by atoms with E-state index in [-0.39, 0.29) is 24.1 Å². The summed E-state index contributed by atoms with van der Waals surface area (Å²) in [5, 5.41) is 2.84. The number of rotatable bonds is 6. The Kier molecular flexibility index (Phi) is 6.59. The molecule has 1 fully saturated rings. The molecule has 1 saturated heterocycles. The molecule has 1 aliphatic rings. The monoisotopic (exact) mass is 414 g/mol. The smallest absolute Gasteiger partial charge is 0.266 e. The Balaban J connectivity index is 1.55. The fourth-order valence-electron chi connectivity index (χ4n) is 2.77. The van der Waals surface area contributed by atoms with Crippen LogP contribution in [0.3, 0.4) is 0 Å². The molecule has 0 bridgehead atoms. The van der Waals surface area contributed by atoms with Gasteiger partial charge in [-0.3, -0.25) is 14.5 Å². The van der Waals surface area contributed by atoms with Gasteiger partial charge < -0.3 is 5.32 Å². The van der Waals surface area contributed by atoms with Crippen LogP contribution >= 0.6 is 24.0 Å². The molecule has 1 heterocycles. The van der Waals surface area contributed by atoms with Crippen LogP contribution in [-0.4, -0.2) is 27.6 Å². The largest absolute Gasteiger partial charge is 0.326 e. The van der Waals surface area contributed by atoms with Crippen LogP contribution in [0, 0.1) is 12.7 Å². The molecule has 0 spiro atoms. The molecule has 7 heteroatoms. The molecule has 0 aliphatic carbocycles. The van der Waals surface area contributed by atoms with Crippen molar-refractivity contribution >= 4 is 51.9 Å². The van der Waals surface area contributed by atoms with Gasteiger partial charge in [0.2, 0.25) is 5.91 Å². The molecule has 0 aromatic heterocycles. The first-order valence-electron chi connectivity index (χ1n) is 8.80. The second-order valence-electron chi connectivity index (χ2n) is 6.38. The van der Waals surface area contributed by atoms with Crippen molar-refractivity contribution in [3.63, 3.8) is 0 Å². The highest BCUT2D eigenvalue weighted by Crippen LogP contribution is 2.33. The summed E-state index contributed by atoms with van der Waals surface area (Å²) in [4.78, 5) is 26.5. The average Bonchev–Trinajstić information content (AvgIpc) is 2.91. The lowest BCUT2D eigenvalue weighted by Gasteiger charge is -2.14. The van der Waals surface area contributed by atoms with Gasteiger partial charge in [0, 0.05) is 24.2 Å². The molecule has 0 saturated carbocycles. The van der Waals surface area contributed by atoms with E-state index in [4.69, 9.17) is 12.2 Å². The van der Waals surface area contributed by atoms with Crippen LogP contribution in [0.4, 0.5) is 10.1 Å². The van der Waals surface area contributed by atoms with E-state index < -0.39 is 0 Å². The van der Waals surface area contributed by atoms with Crippen molar-refractivity contribution in [1.82, 2.24) is 4.90 Å². The fourth-order valence-corrected chi connectivity index (χ4v) is 4.07. The predicted octanol–water partition coefficient (Wildman–Crippen LogP) is 4.75. The van der Waals surface area contributed by atoms with E-state index >= 15 is 0 Å². The van der Waals surface area contributed by atoms with Crippen molar-refractivity contribution in [2.45, 2.75) is 19.8 Å². The molecule has 144 valence electrons. The quantitative estimate of drug-likeness (QED) is 0.547. The second kappa shape index (κ2) is 9.12. The van der Waals surface area contributed by atoms with E-state index in [0.29, 0.717) is 27.8 Å². The number of carbonyl (C=O) groups excluding carboxylic acids is 2. The van der Waals surface area contributed by atoms with Crippen molar-refractivity contribution in [1.29, 1.82) is 0 Å². The Labute approximate surface area is 172 Å². The van der Waals surface area contributed by atoms with Gasteiger partial charge in [0.25, 0.3) is 5.91 Å². The van der Waals surface area contributed by atoms with E-state index in [2.05, 4.69) is 5.32 Å². The number of nitrogens with one attached hydrogen (secondary N) is 1. The normalized spacial score (nSPS) is 15.4. The molecular weight excluding hydrogens is 395 g/mol. The number of carbonyl (C=O) groups is 2. The van der Waals surface area contributed by atoms with Crippen molar-refractivity contribution in [2.75, 3.05) is 11.9 Å². The Bertz CT molecular complexity index is 959. The van der Waals surface area contributed by atoms with Gasteiger partial charge in [-0.15, -0.1) is 0 Å². The number of nitrogens with zero attached hydrogens (tertiary/aromatic N) is 1. The lowest BCUT2D eigenvalue weighted by atomic mass is 10.2. The molecule has 1 N–H and O–H groups in total. The van der Waals surface area contributed by atoms with Crippen LogP contribution in [0.5, 0.6) is 0 Å². The van der Waals surface area contributed by atoms with E-state index in [1.165, 1.54) is 17.0 Å². The first-order valence-corrected chi connectivity index (χ1v) is 10.0. The minimum Gasteiger partial charge on any atom is -0.326 e. The van der Waals surface area contributed by atoms with Crippen LogP contribution in [0.1, 0.15) is 24.0 Å². The van der Waals surface area contributed by atoms with E-state index in [1.807, 2.05) is 31.2 Å². The highest BCUT2D eigenvalue weighted by molar-refractivity contribution is 8.26. The average molecular weight is 415 g/mol. The number of aryl methyl sites for hydroxylation is 1. The van der Waals surface area contributed by atoms with Crippen molar-refractivity contribution in [3.8, 4) is 0 Å². The maximum atomic E-state index is 13.8. The summed E-state index contributed by atoms with van der Waals surface area (Å²) in [7, 11) is 0. The molecule has 2 aromatic carbocycles. The number of thiocarbonyl (C=S) groups is 1. The third-order valence-corrected chi connectivity index (χ3v) is 5.53. The van der Waals surface area contributed by atoms with Crippen molar-refractivity contribution in [2.24, 2.45) is 0 Å². The molecule has 3 rings (SSSR count). The van der Waals surface area contributed by atoms with Crippen LogP contribution < -0.4 is 5.32 Å². The minimum atomic E-state index is -0.388. The first kappa shape index (κ1) is 20.2. The second-order valence-corrected chi connectivity index (χ2v) is 8.05. The van der Waals surface area contributed by atoms with Gasteiger partial charge in [0.1, 0.15) is 10.1 Å². The molecule has 4 nitrogen and oxygen atoms in total. The number of benzene rings is 2. The molecular formula is C21H19FN2O2S2. The van der Waals surface area contributed by atoms with E-state index in [0.717, 1.165) is 23.0 Å². The molecule has 0 radical (unpaired) electrons. The highest BCUT2D eigenvalue weighted by atomic mass is 32.2. The maximum Gasteiger partial charge on any atom is 0.266 e. The minimum absolute atomic E-state index is 0.113. The predicted molar refractivity (Wildman–Crippen MR) is 115 cm³/mol. The first-order chi connectivity index (χ1) is 13.4.